The molecule has 0 saturated carbocycles. The second-order valence-corrected chi connectivity index (χ2v) is 7.75. The van der Waals surface area contributed by atoms with Crippen molar-refractivity contribution in [3.63, 3.8) is 0 Å². The molecule has 21 heavy (non-hydrogen) atoms. The van der Waals surface area contributed by atoms with Gasteiger partial charge in [0.1, 0.15) is 6.10 Å². The Labute approximate surface area is 153 Å². The largest absolute Gasteiger partial charge is 0.360 e. The van der Waals surface area contributed by atoms with Crippen molar-refractivity contribution in [2.24, 2.45) is 0 Å². The average Bonchev–Trinajstić information content (AvgIpc) is 2.51. The van der Waals surface area contributed by atoms with Gasteiger partial charge in [-0.1, -0.05) is 60.2 Å². The second kappa shape index (κ2) is 6.79. The van der Waals surface area contributed by atoms with Gasteiger partial charge in [0.05, 0.1) is 6.10 Å². The molecule has 1 heterocycles. The van der Waals surface area contributed by atoms with E-state index in [4.69, 9.17) is 4.74 Å². The molecule has 0 fully saturated rings. The molecule has 0 N–H and O–H groups in total. The lowest BCUT2D eigenvalue weighted by Gasteiger charge is -2.31. The fourth-order valence-electron chi connectivity index (χ4n) is 2.60. The van der Waals surface area contributed by atoms with E-state index in [1.54, 1.807) is 0 Å². The van der Waals surface area contributed by atoms with E-state index in [0.29, 0.717) is 0 Å². The summed E-state index contributed by atoms with van der Waals surface area (Å²) in [6, 6.07) is 19.1. The fourth-order valence-corrected chi connectivity index (χ4v) is 4.01. The summed E-state index contributed by atoms with van der Waals surface area (Å²) in [4.78, 5) is 0. The molecule has 3 heteroatoms. The topological polar surface area (TPSA) is 9.23 Å². The molecule has 0 amide bonds. The summed E-state index contributed by atoms with van der Waals surface area (Å²) in [5, 5.41) is 0. The van der Waals surface area contributed by atoms with Crippen LogP contribution in [0.25, 0.3) is 0 Å². The first-order chi connectivity index (χ1) is 10.1. The highest BCUT2D eigenvalue weighted by atomic mass is 127. The molecule has 0 aromatic heterocycles. The summed E-state index contributed by atoms with van der Waals surface area (Å²) in [6.45, 7) is 2.13. The number of benzene rings is 2. The molecule has 3 rings (SSSR count). The summed E-state index contributed by atoms with van der Waals surface area (Å²) >= 11 is 4.90. The molecule has 2 aromatic carbocycles. The molecule has 0 aliphatic carbocycles. The summed E-state index contributed by atoms with van der Waals surface area (Å²) < 4.78 is 9.14. The lowest BCUT2D eigenvalue weighted by atomic mass is 9.99. The van der Waals surface area contributed by atoms with E-state index in [1.165, 1.54) is 23.9 Å². The third-order valence-electron chi connectivity index (χ3n) is 3.67. The Morgan fingerprint density at radius 1 is 0.952 bits per heavy atom. The standard InChI is InChI=1S/C18H16I2O/c1-12-6-5-9-14(10-12)18-17(20)15(19)11-16(21-18)13-7-3-2-4-8-13/h2-10,16,18H,11H2,1H3. The van der Waals surface area contributed by atoms with E-state index in [9.17, 15) is 0 Å². The van der Waals surface area contributed by atoms with Gasteiger partial charge in [0.15, 0.2) is 0 Å². The van der Waals surface area contributed by atoms with Crippen molar-refractivity contribution in [2.45, 2.75) is 25.6 Å². The molecule has 0 saturated heterocycles. The van der Waals surface area contributed by atoms with Crippen molar-refractivity contribution in [1.29, 1.82) is 0 Å². The van der Waals surface area contributed by atoms with Crippen LogP contribution in [0, 0.1) is 6.92 Å². The van der Waals surface area contributed by atoms with Crippen LogP contribution in [-0.2, 0) is 4.74 Å². The molecule has 2 unspecified atom stereocenters. The maximum Gasteiger partial charge on any atom is 0.115 e. The number of aryl methyl sites for hydroxylation is 1. The van der Waals surface area contributed by atoms with Crippen LogP contribution in [0.1, 0.15) is 35.3 Å². The third kappa shape index (κ3) is 3.51. The molecular formula is C18H16I2O. The van der Waals surface area contributed by atoms with E-state index in [-0.39, 0.29) is 12.2 Å². The quantitative estimate of drug-likeness (QED) is 0.440. The molecule has 0 spiro atoms. The van der Waals surface area contributed by atoms with Gasteiger partial charge in [-0.25, -0.2) is 0 Å². The molecule has 1 aliphatic heterocycles. The van der Waals surface area contributed by atoms with Gasteiger partial charge in [-0.2, -0.15) is 0 Å². The summed E-state index contributed by atoms with van der Waals surface area (Å²) in [5.41, 5.74) is 3.78. The predicted molar refractivity (Wildman–Crippen MR) is 104 cm³/mol. The monoisotopic (exact) mass is 502 g/mol. The molecule has 1 nitrogen and oxygen atoms in total. The Balaban J connectivity index is 1.95. The summed E-state index contributed by atoms with van der Waals surface area (Å²) in [6.07, 6.45) is 1.16. The minimum absolute atomic E-state index is 0.0522. The van der Waals surface area contributed by atoms with E-state index >= 15 is 0 Å². The number of hydrogen-bond acceptors (Lipinski definition) is 1. The second-order valence-electron chi connectivity index (χ2n) is 5.29. The Morgan fingerprint density at radius 3 is 2.38 bits per heavy atom. The van der Waals surface area contributed by atoms with Crippen LogP contribution in [0.3, 0.4) is 0 Å². The van der Waals surface area contributed by atoms with Gasteiger partial charge in [-0.3, -0.25) is 0 Å². The number of rotatable bonds is 2. The zero-order valence-electron chi connectivity index (χ0n) is 11.7. The van der Waals surface area contributed by atoms with Crippen LogP contribution < -0.4 is 0 Å². The van der Waals surface area contributed by atoms with Crippen molar-refractivity contribution in [3.05, 3.63) is 78.4 Å². The first-order valence-corrected chi connectivity index (χ1v) is 9.12. The number of ether oxygens (including phenoxy) is 1. The number of hydrogen-bond donors (Lipinski definition) is 0. The first kappa shape index (κ1) is 15.5. The van der Waals surface area contributed by atoms with Crippen LogP contribution in [0.5, 0.6) is 0 Å². The van der Waals surface area contributed by atoms with E-state index in [0.717, 1.165) is 6.42 Å². The van der Waals surface area contributed by atoms with Crippen LogP contribution in [0.4, 0.5) is 0 Å². The summed E-state index contributed by atoms with van der Waals surface area (Å²) in [7, 11) is 0. The van der Waals surface area contributed by atoms with E-state index in [1.807, 2.05) is 0 Å². The van der Waals surface area contributed by atoms with Gasteiger partial charge in [-0.05, 0) is 63.2 Å². The Hall–Kier alpha value is -0.400. The maximum atomic E-state index is 6.43. The summed E-state index contributed by atoms with van der Waals surface area (Å²) in [5.74, 6) is 0. The SMILES string of the molecule is Cc1cccc(C2OC(c3ccccc3)CC(I)=C2I)c1. The smallest absolute Gasteiger partial charge is 0.115 e. The Bertz CT molecular complexity index is 664. The molecule has 0 radical (unpaired) electrons. The van der Waals surface area contributed by atoms with Gasteiger partial charge in [-0.15, -0.1) is 0 Å². The molecule has 108 valence electrons. The van der Waals surface area contributed by atoms with Gasteiger partial charge >= 0.3 is 0 Å². The highest BCUT2D eigenvalue weighted by molar-refractivity contribution is 14.1. The molecule has 2 atom stereocenters. The van der Waals surface area contributed by atoms with Crippen molar-refractivity contribution < 1.29 is 4.74 Å². The van der Waals surface area contributed by atoms with Crippen LogP contribution in [0.15, 0.2) is 61.8 Å². The lowest BCUT2D eigenvalue weighted by Crippen LogP contribution is -2.16. The zero-order chi connectivity index (χ0) is 14.8. The average molecular weight is 502 g/mol. The minimum atomic E-state index is 0.0522. The predicted octanol–water partition coefficient (Wildman–Crippen LogP) is 6.28. The maximum absolute atomic E-state index is 6.43. The normalized spacial score (nSPS) is 22.4. The minimum Gasteiger partial charge on any atom is -0.360 e. The Kier molecular flexibility index (Phi) is 5.01. The van der Waals surface area contributed by atoms with Gasteiger partial charge < -0.3 is 4.74 Å². The Morgan fingerprint density at radius 2 is 1.67 bits per heavy atom. The third-order valence-corrected chi connectivity index (χ3v) is 6.94. The first-order valence-electron chi connectivity index (χ1n) is 6.96. The van der Waals surface area contributed by atoms with Crippen LogP contribution in [0.2, 0.25) is 0 Å². The fraction of sp³-hybridized carbons (Fsp3) is 0.222. The molecule has 2 aromatic rings. The van der Waals surface area contributed by atoms with Crippen molar-refractivity contribution >= 4 is 45.2 Å². The molecule has 0 bridgehead atoms. The molecular weight excluding hydrogens is 486 g/mol. The van der Waals surface area contributed by atoms with Gasteiger partial charge in [0.2, 0.25) is 0 Å². The van der Waals surface area contributed by atoms with E-state index in [2.05, 4.69) is 107 Å². The zero-order valence-corrected chi connectivity index (χ0v) is 16.0. The van der Waals surface area contributed by atoms with Crippen LogP contribution >= 0.6 is 45.2 Å². The highest BCUT2D eigenvalue weighted by Crippen LogP contribution is 2.46. The van der Waals surface area contributed by atoms with Crippen molar-refractivity contribution in [2.75, 3.05) is 0 Å². The van der Waals surface area contributed by atoms with Gasteiger partial charge in [0.25, 0.3) is 0 Å². The highest BCUT2D eigenvalue weighted by Gasteiger charge is 2.29. The van der Waals surface area contributed by atoms with E-state index < -0.39 is 0 Å². The van der Waals surface area contributed by atoms with Crippen LogP contribution in [-0.4, -0.2) is 0 Å². The number of halogens is 2. The lowest BCUT2D eigenvalue weighted by molar-refractivity contribution is 0.00192. The van der Waals surface area contributed by atoms with Gasteiger partial charge in [0, 0.05) is 13.6 Å². The van der Waals surface area contributed by atoms with Crippen molar-refractivity contribution in [1.82, 2.24) is 0 Å². The molecule has 1 aliphatic rings. The van der Waals surface area contributed by atoms with Crippen molar-refractivity contribution in [3.8, 4) is 0 Å².